The number of benzene rings is 1. The van der Waals surface area contributed by atoms with E-state index in [1.165, 1.54) is 48.8 Å². The lowest BCUT2D eigenvalue weighted by atomic mass is 10.0. The summed E-state index contributed by atoms with van der Waals surface area (Å²) < 4.78 is 39.4. The zero-order valence-corrected chi connectivity index (χ0v) is 15.3. The maximum Gasteiger partial charge on any atom is 0.417 e. The van der Waals surface area contributed by atoms with Crippen molar-refractivity contribution >= 4 is 11.8 Å². The second-order valence-corrected chi connectivity index (χ2v) is 7.41. The molecule has 0 unspecified atom stereocenters. The van der Waals surface area contributed by atoms with Crippen LogP contribution in [0.2, 0.25) is 0 Å². The molecule has 0 radical (unpaired) electrons. The molecule has 0 atom stereocenters. The Hall–Kier alpha value is -2.05. The van der Waals surface area contributed by atoms with E-state index in [-0.39, 0.29) is 24.6 Å². The molecule has 2 aliphatic rings. The smallest absolute Gasteiger partial charge is 0.339 e. The molecule has 148 valence electrons. The van der Waals surface area contributed by atoms with Crippen LogP contribution >= 0.6 is 0 Å². The molecule has 0 spiro atoms. The zero-order valence-electron chi connectivity index (χ0n) is 15.3. The number of alkyl halides is 3. The SMILES string of the molecule is O=C(CCC1CCCC1)N1CCN(C(=O)c2ccccc2C(F)(F)F)CC1. The van der Waals surface area contributed by atoms with Crippen LogP contribution in [0.4, 0.5) is 13.2 Å². The van der Waals surface area contributed by atoms with Gasteiger partial charge in [-0.15, -0.1) is 0 Å². The fraction of sp³-hybridized carbons (Fsp3) is 0.600. The van der Waals surface area contributed by atoms with Crippen molar-refractivity contribution in [2.75, 3.05) is 26.2 Å². The third-order valence-electron chi connectivity index (χ3n) is 5.62. The van der Waals surface area contributed by atoms with Gasteiger partial charge < -0.3 is 9.80 Å². The third-order valence-corrected chi connectivity index (χ3v) is 5.62. The topological polar surface area (TPSA) is 40.6 Å². The second-order valence-electron chi connectivity index (χ2n) is 7.41. The molecule has 1 aliphatic carbocycles. The third kappa shape index (κ3) is 4.82. The molecule has 2 fully saturated rings. The summed E-state index contributed by atoms with van der Waals surface area (Å²) in [4.78, 5) is 28.1. The Labute approximate surface area is 157 Å². The normalized spacial score (nSPS) is 18.8. The maximum absolute atomic E-state index is 13.1. The molecule has 1 aliphatic heterocycles. The minimum absolute atomic E-state index is 0.0877. The van der Waals surface area contributed by atoms with Gasteiger partial charge in [-0.2, -0.15) is 13.2 Å². The van der Waals surface area contributed by atoms with E-state index >= 15 is 0 Å². The van der Waals surface area contributed by atoms with Gasteiger partial charge in [-0.3, -0.25) is 9.59 Å². The van der Waals surface area contributed by atoms with E-state index in [0.29, 0.717) is 25.4 Å². The van der Waals surface area contributed by atoms with E-state index in [2.05, 4.69) is 0 Å². The molecule has 0 aromatic heterocycles. The highest BCUT2D eigenvalue weighted by Gasteiger charge is 2.36. The number of amides is 2. The molecular weight excluding hydrogens is 357 g/mol. The van der Waals surface area contributed by atoms with Gasteiger partial charge in [0.25, 0.3) is 5.91 Å². The predicted octanol–water partition coefficient (Wildman–Crippen LogP) is 3.96. The number of rotatable bonds is 4. The first kappa shape index (κ1) is 19.7. The maximum atomic E-state index is 13.1. The molecule has 1 saturated carbocycles. The average Bonchev–Trinajstić information content (AvgIpc) is 3.18. The molecule has 1 saturated heterocycles. The summed E-state index contributed by atoms with van der Waals surface area (Å²) in [6.07, 6.45) is 1.77. The zero-order chi connectivity index (χ0) is 19.4. The summed E-state index contributed by atoms with van der Waals surface area (Å²) in [5.41, 5.74) is -1.24. The molecule has 1 aromatic carbocycles. The van der Waals surface area contributed by atoms with E-state index in [1.54, 1.807) is 4.90 Å². The average molecular weight is 382 g/mol. The lowest BCUT2D eigenvalue weighted by molar-refractivity contribution is -0.138. The molecule has 0 N–H and O–H groups in total. The molecule has 0 bridgehead atoms. The highest BCUT2D eigenvalue weighted by molar-refractivity contribution is 5.96. The van der Waals surface area contributed by atoms with Crippen LogP contribution in [-0.4, -0.2) is 47.8 Å². The van der Waals surface area contributed by atoms with E-state index in [0.717, 1.165) is 12.5 Å². The van der Waals surface area contributed by atoms with E-state index < -0.39 is 17.6 Å². The Bertz CT molecular complexity index is 676. The number of piperazine rings is 1. The Morgan fingerprint density at radius 3 is 2.19 bits per heavy atom. The molecule has 1 heterocycles. The van der Waals surface area contributed by atoms with Gasteiger partial charge in [-0.05, 0) is 24.5 Å². The summed E-state index contributed by atoms with van der Waals surface area (Å²) in [5, 5.41) is 0. The Balaban J connectivity index is 1.54. The number of hydrogen-bond donors (Lipinski definition) is 0. The molecule has 2 amide bonds. The molecule has 7 heteroatoms. The van der Waals surface area contributed by atoms with Crippen LogP contribution in [0, 0.1) is 5.92 Å². The second kappa shape index (κ2) is 8.31. The molecule has 1 aromatic rings. The van der Waals surface area contributed by atoms with Crippen LogP contribution in [0.15, 0.2) is 24.3 Å². The van der Waals surface area contributed by atoms with Crippen molar-refractivity contribution < 1.29 is 22.8 Å². The van der Waals surface area contributed by atoms with E-state index in [1.807, 2.05) is 0 Å². The molecular formula is C20H25F3N2O2. The van der Waals surface area contributed by atoms with Gasteiger partial charge in [0, 0.05) is 32.6 Å². The number of carbonyl (C=O) groups excluding carboxylic acids is 2. The van der Waals surface area contributed by atoms with Gasteiger partial charge in [0.1, 0.15) is 0 Å². The van der Waals surface area contributed by atoms with Gasteiger partial charge in [-0.1, -0.05) is 37.8 Å². The first-order valence-electron chi connectivity index (χ1n) is 9.59. The Kier molecular flexibility index (Phi) is 6.07. The molecule has 3 rings (SSSR count). The van der Waals surface area contributed by atoms with Gasteiger partial charge in [0.05, 0.1) is 11.1 Å². The standard InChI is InChI=1S/C20H25F3N2O2/c21-20(22,23)17-8-4-3-7-16(17)19(27)25-13-11-24(12-14-25)18(26)10-9-15-5-1-2-6-15/h3-4,7-8,15H,1-2,5-6,9-14H2. The van der Waals surface area contributed by atoms with Gasteiger partial charge in [-0.25, -0.2) is 0 Å². The fourth-order valence-corrected chi connectivity index (χ4v) is 4.03. The Morgan fingerprint density at radius 2 is 1.56 bits per heavy atom. The van der Waals surface area contributed by atoms with Crippen molar-refractivity contribution in [3.63, 3.8) is 0 Å². The first-order chi connectivity index (χ1) is 12.9. The highest BCUT2D eigenvalue weighted by Crippen LogP contribution is 2.32. The van der Waals surface area contributed by atoms with Crippen molar-refractivity contribution in [1.29, 1.82) is 0 Å². The van der Waals surface area contributed by atoms with E-state index in [4.69, 9.17) is 0 Å². The summed E-state index contributed by atoms with van der Waals surface area (Å²) in [6, 6.07) is 4.85. The largest absolute Gasteiger partial charge is 0.417 e. The van der Waals surface area contributed by atoms with Crippen LogP contribution in [0.25, 0.3) is 0 Å². The van der Waals surface area contributed by atoms with Crippen molar-refractivity contribution in [2.45, 2.75) is 44.7 Å². The van der Waals surface area contributed by atoms with Gasteiger partial charge in [0.15, 0.2) is 0 Å². The van der Waals surface area contributed by atoms with Crippen LogP contribution in [-0.2, 0) is 11.0 Å². The highest BCUT2D eigenvalue weighted by atomic mass is 19.4. The quantitative estimate of drug-likeness (QED) is 0.791. The van der Waals surface area contributed by atoms with Crippen LogP contribution in [0.3, 0.4) is 0 Å². The summed E-state index contributed by atoms with van der Waals surface area (Å²) in [7, 11) is 0. The summed E-state index contributed by atoms with van der Waals surface area (Å²) in [5.74, 6) is 0.112. The number of hydrogen-bond acceptors (Lipinski definition) is 2. The predicted molar refractivity (Wildman–Crippen MR) is 95.1 cm³/mol. The van der Waals surface area contributed by atoms with Gasteiger partial charge >= 0.3 is 6.18 Å². The number of nitrogens with zero attached hydrogens (tertiary/aromatic N) is 2. The van der Waals surface area contributed by atoms with Crippen LogP contribution < -0.4 is 0 Å². The van der Waals surface area contributed by atoms with E-state index in [9.17, 15) is 22.8 Å². The van der Waals surface area contributed by atoms with Crippen molar-refractivity contribution in [2.24, 2.45) is 5.92 Å². The molecule has 27 heavy (non-hydrogen) atoms. The van der Waals surface area contributed by atoms with Crippen LogP contribution in [0.5, 0.6) is 0 Å². The minimum Gasteiger partial charge on any atom is -0.339 e. The van der Waals surface area contributed by atoms with Crippen molar-refractivity contribution in [1.82, 2.24) is 9.80 Å². The van der Waals surface area contributed by atoms with Crippen LogP contribution in [0.1, 0.15) is 54.4 Å². The van der Waals surface area contributed by atoms with Crippen molar-refractivity contribution in [3.05, 3.63) is 35.4 Å². The first-order valence-corrected chi connectivity index (χ1v) is 9.59. The monoisotopic (exact) mass is 382 g/mol. The lowest BCUT2D eigenvalue weighted by Gasteiger charge is -2.35. The summed E-state index contributed by atoms with van der Waals surface area (Å²) in [6.45, 7) is 1.28. The minimum atomic E-state index is -4.57. The van der Waals surface area contributed by atoms with Gasteiger partial charge in [0.2, 0.25) is 5.91 Å². The molecule has 4 nitrogen and oxygen atoms in total. The lowest BCUT2D eigenvalue weighted by Crippen LogP contribution is -2.50. The number of halogens is 3. The summed E-state index contributed by atoms with van der Waals surface area (Å²) >= 11 is 0. The number of carbonyl (C=O) groups is 2. The van der Waals surface area contributed by atoms with Crippen molar-refractivity contribution in [3.8, 4) is 0 Å². The fourth-order valence-electron chi connectivity index (χ4n) is 4.03. The Morgan fingerprint density at radius 1 is 0.963 bits per heavy atom.